The van der Waals surface area contributed by atoms with Crippen LogP contribution in [0.25, 0.3) is 22.9 Å². The van der Waals surface area contributed by atoms with Gasteiger partial charge in [0.05, 0.1) is 15.6 Å². The van der Waals surface area contributed by atoms with E-state index in [1.165, 1.54) is 0 Å². The summed E-state index contributed by atoms with van der Waals surface area (Å²) < 4.78 is 5.71. The normalized spacial score (nSPS) is 10.8. The second kappa shape index (κ2) is 5.27. The fourth-order valence-corrected chi connectivity index (χ4v) is 2.51. The summed E-state index contributed by atoms with van der Waals surface area (Å²) in [6.07, 6.45) is 0. The lowest BCUT2D eigenvalue weighted by Crippen LogP contribution is -1.81. The van der Waals surface area contributed by atoms with Crippen LogP contribution in [0.5, 0.6) is 0 Å². The molecule has 0 N–H and O–H groups in total. The number of hydrogen-bond donors (Lipinski definition) is 0. The third kappa shape index (κ3) is 2.30. The van der Waals surface area contributed by atoms with Crippen LogP contribution in [0.4, 0.5) is 0 Å². The molecule has 2 aromatic carbocycles. The highest BCUT2D eigenvalue weighted by molar-refractivity contribution is 6.38. The zero-order valence-electron chi connectivity index (χ0n) is 10.6. The SMILES string of the molecule is Cc1ccccc1-c1nnc(-c2c(Cl)cccc2Cl)o1. The van der Waals surface area contributed by atoms with Crippen molar-refractivity contribution < 1.29 is 4.42 Å². The predicted octanol–water partition coefficient (Wildman–Crippen LogP) is 5.02. The third-order valence-electron chi connectivity index (χ3n) is 2.98. The van der Waals surface area contributed by atoms with Crippen molar-refractivity contribution in [3.8, 4) is 22.9 Å². The molecule has 5 heteroatoms. The fraction of sp³-hybridized carbons (Fsp3) is 0.0667. The average molecular weight is 305 g/mol. The molecule has 1 aromatic heterocycles. The first-order valence-electron chi connectivity index (χ1n) is 6.00. The molecule has 0 unspecified atom stereocenters. The molecule has 1 heterocycles. The van der Waals surface area contributed by atoms with Crippen LogP contribution in [0, 0.1) is 6.92 Å². The lowest BCUT2D eigenvalue weighted by atomic mass is 10.1. The molecule has 100 valence electrons. The zero-order valence-corrected chi connectivity index (χ0v) is 12.1. The van der Waals surface area contributed by atoms with E-state index >= 15 is 0 Å². The summed E-state index contributed by atoms with van der Waals surface area (Å²) in [5.41, 5.74) is 2.52. The first kappa shape index (κ1) is 13.2. The van der Waals surface area contributed by atoms with E-state index in [9.17, 15) is 0 Å². The maximum atomic E-state index is 6.14. The number of hydrogen-bond acceptors (Lipinski definition) is 3. The Morgan fingerprint density at radius 3 is 2.20 bits per heavy atom. The number of nitrogens with zero attached hydrogens (tertiary/aromatic N) is 2. The van der Waals surface area contributed by atoms with Crippen molar-refractivity contribution in [2.45, 2.75) is 6.92 Å². The summed E-state index contributed by atoms with van der Waals surface area (Å²) in [5.74, 6) is 0.771. The quantitative estimate of drug-likeness (QED) is 0.667. The molecule has 0 fully saturated rings. The Balaban J connectivity index is 2.10. The first-order chi connectivity index (χ1) is 9.66. The Morgan fingerprint density at radius 1 is 0.850 bits per heavy atom. The van der Waals surface area contributed by atoms with Crippen molar-refractivity contribution in [2.24, 2.45) is 0 Å². The number of halogens is 2. The lowest BCUT2D eigenvalue weighted by molar-refractivity contribution is 0.584. The molecule has 0 atom stereocenters. The van der Waals surface area contributed by atoms with E-state index in [4.69, 9.17) is 27.6 Å². The van der Waals surface area contributed by atoms with Crippen LogP contribution in [0.3, 0.4) is 0 Å². The molecule has 20 heavy (non-hydrogen) atoms. The van der Waals surface area contributed by atoms with Gasteiger partial charge in [-0.25, -0.2) is 0 Å². The molecule has 0 saturated carbocycles. The van der Waals surface area contributed by atoms with Crippen molar-refractivity contribution in [3.05, 3.63) is 58.1 Å². The highest BCUT2D eigenvalue weighted by Crippen LogP contribution is 2.35. The molecule has 0 aliphatic heterocycles. The van der Waals surface area contributed by atoms with E-state index < -0.39 is 0 Å². The summed E-state index contributed by atoms with van der Waals surface area (Å²) in [7, 11) is 0. The highest BCUT2D eigenvalue weighted by atomic mass is 35.5. The minimum atomic E-state index is 0.318. The smallest absolute Gasteiger partial charge is 0.251 e. The summed E-state index contributed by atoms with van der Waals surface area (Å²) in [6.45, 7) is 1.99. The summed E-state index contributed by atoms with van der Waals surface area (Å²) >= 11 is 12.3. The standard InChI is InChI=1S/C15H10Cl2N2O/c1-9-5-2-3-6-10(9)14-18-19-15(20-14)13-11(16)7-4-8-12(13)17/h2-8H,1H3. The summed E-state index contributed by atoms with van der Waals surface area (Å²) in [5, 5.41) is 9.08. The highest BCUT2D eigenvalue weighted by Gasteiger charge is 2.16. The van der Waals surface area contributed by atoms with Crippen molar-refractivity contribution in [3.63, 3.8) is 0 Å². The predicted molar refractivity (Wildman–Crippen MR) is 79.9 cm³/mol. The van der Waals surface area contributed by atoms with Gasteiger partial charge in [-0.15, -0.1) is 10.2 Å². The van der Waals surface area contributed by atoms with Crippen molar-refractivity contribution in [1.82, 2.24) is 10.2 Å². The van der Waals surface area contributed by atoms with Crippen LogP contribution >= 0.6 is 23.2 Å². The van der Waals surface area contributed by atoms with Gasteiger partial charge in [0.25, 0.3) is 5.89 Å². The van der Waals surface area contributed by atoms with Gasteiger partial charge in [-0.05, 0) is 30.7 Å². The Morgan fingerprint density at radius 2 is 1.50 bits per heavy atom. The summed E-state index contributed by atoms with van der Waals surface area (Å²) in [4.78, 5) is 0. The van der Waals surface area contributed by atoms with Gasteiger partial charge in [0.1, 0.15) is 0 Å². The maximum Gasteiger partial charge on any atom is 0.251 e. The number of rotatable bonds is 2. The van der Waals surface area contributed by atoms with E-state index in [1.807, 2.05) is 31.2 Å². The molecule has 0 saturated heterocycles. The zero-order chi connectivity index (χ0) is 14.1. The van der Waals surface area contributed by atoms with Crippen LogP contribution in [0.15, 0.2) is 46.9 Å². The van der Waals surface area contributed by atoms with Gasteiger partial charge < -0.3 is 4.42 Å². The minimum absolute atomic E-state index is 0.318. The van der Waals surface area contributed by atoms with Crippen LogP contribution in [-0.2, 0) is 0 Å². The molecular formula is C15H10Cl2N2O. The molecule has 3 aromatic rings. The molecule has 0 aliphatic rings. The Bertz CT molecular complexity index is 748. The fourth-order valence-electron chi connectivity index (χ4n) is 1.95. The number of aromatic nitrogens is 2. The molecule has 0 amide bonds. The van der Waals surface area contributed by atoms with E-state index in [0.29, 0.717) is 27.4 Å². The Kier molecular flexibility index (Phi) is 3.47. The van der Waals surface area contributed by atoms with Crippen LogP contribution in [0.2, 0.25) is 10.0 Å². The number of benzene rings is 2. The van der Waals surface area contributed by atoms with Crippen molar-refractivity contribution >= 4 is 23.2 Å². The maximum absolute atomic E-state index is 6.14. The van der Waals surface area contributed by atoms with Gasteiger partial charge in [-0.1, -0.05) is 47.5 Å². The molecular weight excluding hydrogens is 295 g/mol. The number of aryl methyl sites for hydroxylation is 1. The van der Waals surface area contributed by atoms with E-state index in [-0.39, 0.29) is 0 Å². The van der Waals surface area contributed by atoms with Crippen molar-refractivity contribution in [1.29, 1.82) is 0 Å². The molecule has 0 bridgehead atoms. The largest absolute Gasteiger partial charge is 0.416 e. The van der Waals surface area contributed by atoms with E-state index in [1.54, 1.807) is 18.2 Å². The second-order valence-corrected chi connectivity index (χ2v) is 5.14. The van der Waals surface area contributed by atoms with Gasteiger partial charge >= 0.3 is 0 Å². The van der Waals surface area contributed by atoms with E-state index in [0.717, 1.165) is 11.1 Å². The Labute approximate surface area is 126 Å². The first-order valence-corrected chi connectivity index (χ1v) is 6.76. The van der Waals surface area contributed by atoms with Crippen molar-refractivity contribution in [2.75, 3.05) is 0 Å². The van der Waals surface area contributed by atoms with Gasteiger partial charge in [-0.3, -0.25) is 0 Å². The average Bonchev–Trinajstić information content (AvgIpc) is 2.88. The van der Waals surface area contributed by atoms with Crippen LogP contribution < -0.4 is 0 Å². The lowest BCUT2D eigenvalue weighted by Gasteiger charge is -2.01. The molecule has 3 rings (SSSR count). The minimum Gasteiger partial charge on any atom is -0.416 e. The Hall–Kier alpha value is -1.84. The van der Waals surface area contributed by atoms with Gasteiger partial charge in [0.15, 0.2) is 0 Å². The van der Waals surface area contributed by atoms with E-state index in [2.05, 4.69) is 10.2 Å². The molecule has 0 radical (unpaired) electrons. The topological polar surface area (TPSA) is 38.9 Å². The van der Waals surface area contributed by atoms with Gasteiger partial charge in [0.2, 0.25) is 5.89 Å². The monoisotopic (exact) mass is 304 g/mol. The third-order valence-corrected chi connectivity index (χ3v) is 3.61. The van der Waals surface area contributed by atoms with Gasteiger partial charge in [0, 0.05) is 5.56 Å². The molecule has 3 nitrogen and oxygen atoms in total. The van der Waals surface area contributed by atoms with Crippen LogP contribution in [-0.4, -0.2) is 10.2 Å². The van der Waals surface area contributed by atoms with Crippen LogP contribution in [0.1, 0.15) is 5.56 Å². The summed E-state index contributed by atoms with van der Waals surface area (Å²) in [6, 6.07) is 13.0. The molecule has 0 aliphatic carbocycles. The van der Waals surface area contributed by atoms with Gasteiger partial charge in [-0.2, -0.15) is 0 Å². The molecule has 0 spiro atoms. The second-order valence-electron chi connectivity index (χ2n) is 4.32.